The molecule has 0 bridgehead atoms. The van der Waals surface area contributed by atoms with Crippen LogP contribution in [0.25, 0.3) is 0 Å². The molecule has 1 heterocycles. The Hall–Kier alpha value is -1.89. The average Bonchev–Trinajstić information content (AvgIpc) is 2.76. The Kier molecular flexibility index (Phi) is 3.16. The summed E-state index contributed by atoms with van der Waals surface area (Å²) < 4.78 is 0. The van der Waals surface area contributed by atoms with E-state index in [1.165, 1.54) is 11.8 Å². The minimum atomic E-state index is -0.737. The summed E-state index contributed by atoms with van der Waals surface area (Å²) in [5, 5.41) is 11.4. The summed E-state index contributed by atoms with van der Waals surface area (Å²) in [6.07, 6.45) is 0. The fourth-order valence-electron chi connectivity index (χ4n) is 1.07. The molecule has 0 spiro atoms. The first kappa shape index (κ1) is 10.6. The van der Waals surface area contributed by atoms with Gasteiger partial charge in [0.25, 0.3) is 0 Å². The molecule has 0 aliphatic heterocycles. The van der Waals surface area contributed by atoms with Crippen molar-refractivity contribution in [3.63, 3.8) is 0 Å². The van der Waals surface area contributed by atoms with E-state index in [0.717, 1.165) is 16.1 Å². The van der Waals surface area contributed by atoms with Crippen molar-refractivity contribution in [1.82, 2.24) is 20.2 Å². The first-order chi connectivity index (χ1) is 7.75. The Morgan fingerprint density at radius 2 is 2.12 bits per heavy atom. The number of benzene rings is 1. The Labute approximate surface area is 95.8 Å². The molecule has 0 radical (unpaired) electrons. The molecule has 16 heavy (non-hydrogen) atoms. The third-order valence-corrected chi connectivity index (χ3v) is 2.70. The lowest BCUT2D eigenvalue weighted by Crippen LogP contribution is -2.22. The number of hydrogen-bond donors (Lipinski definition) is 1. The molecule has 6 nitrogen and oxygen atoms in total. The highest BCUT2D eigenvalue weighted by Crippen LogP contribution is 2.17. The van der Waals surface area contributed by atoms with Crippen molar-refractivity contribution in [2.45, 2.75) is 10.9 Å². The number of nitrogens with two attached hydrogens (primary N) is 1. The summed E-state index contributed by atoms with van der Waals surface area (Å²) >= 11 is 1.40. The molecule has 82 valence electrons. The molecule has 0 saturated heterocycles. The lowest BCUT2D eigenvalue weighted by molar-refractivity contribution is 0.243. The summed E-state index contributed by atoms with van der Waals surface area (Å²) in [6.45, 7) is 0. The van der Waals surface area contributed by atoms with Crippen molar-refractivity contribution in [2.24, 2.45) is 5.73 Å². The molecule has 0 saturated carbocycles. The monoisotopic (exact) mass is 235 g/mol. The second-order valence-corrected chi connectivity index (χ2v) is 3.92. The second kappa shape index (κ2) is 4.75. The van der Waals surface area contributed by atoms with Crippen LogP contribution in [-0.2, 0) is 5.75 Å². The van der Waals surface area contributed by atoms with Crippen LogP contribution in [0.4, 0.5) is 4.79 Å². The molecule has 0 aliphatic rings. The molecule has 0 aliphatic carbocycles. The Morgan fingerprint density at radius 3 is 2.75 bits per heavy atom. The molecule has 0 fully saturated rings. The number of amides is 1. The van der Waals surface area contributed by atoms with Crippen LogP contribution in [0.5, 0.6) is 0 Å². The van der Waals surface area contributed by atoms with Crippen LogP contribution in [0.1, 0.15) is 5.56 Å². The van der Waals surface area contributed by atoms with E-state index in [1.54, 1.807) is 0 Å². The van der Waals surface area contributed by atoms with Crippen LogP contribution in [-0.4, -0.2) is 26.2 Å². The first-order valence-electron chi connectivity index (χ1n) is 4.52. The zero-order valence-electron chi connectivity index (χ0n) is 8.28. The van der Waals surface area contributed by atoms with Gasteiger partial charge in [0.05, 0.1) is 0 Å². The van der Waals surface area contributed by atoms with Crippen molar-refractivity contribution in [1.29, 1.82) is 0 Å². The van der Waals surface area contributed by atoms with Gasteiger partial charge >= 0.3 is 6.03 Å². The van der Waals surface area contributed by atoms with Gasteiger partial charge in [-0.3, -0.25) is 0 Å². The molecule has 1 aromatic heterocycles. The van der Waals surface area contributed by atoms with Crippen molar-refractivity contribution in [2.75, 3.05) is 0 Å². The van der Waals surface area contributed by atoms with Crippen molar-refractivity contribution < 1.29 is 4.79 Å². The minimum Gasteiger partial charge on any atom is -0.348 e. The average molecular weight is 235 g/mol. The molecule has 2 rings (SSSR count). The van der Waals surface area contributed by atoms with Gasteiger partial charge < -0.3 is 5.73 Å². The van der Waals surface area contributed by atoms with Crippen molar-refractivity contribution >= 4 is 17.8 Å². The largest absolute Gasteiger partial charge is 0.358 e. The van der Waals surface area contributed by atoms with E-state index in [2.05, 4.69) is 15.4 Å². The molecular weight excluding hydrogens is 226 g/mol. The van der Waals surface area contributed by atoms with Crippen molar-refractivity contribution in [3.05, 3.63) is 35.9 Å². The number of carbonyl (C=O) groups is 1. The van der Waals surface area contributed by atoms with Gasteiger partial charge in [-0.15, -0.1) is 10.2 Å². The highest BCUT2D eigenvalue weighted by atomic mass is 32.2. The van der Waals surface area contributed by atoms with E-state index in [9.17, 15) is 4.79 Å². The van der Waals surface area contributed by atoms with E-state index in [0.29, 0.717) is 5.16 Å². The van der Waals surface area contributed by atoms with Gasteiger partial charge in [-0.25, -0.2) is 4.79 Å². The summed E-state index contributed by atoms with van der Waals surface area (Å²) in [7, 11) is 0. The number of rotatable bonds is 3. The van der Waals surface area contributed by atoms with Crippen LogP contribution in [0.3, 0.4) is 0 Å². The third-order valence-electron chi connectivity index (χ3n) is 1.80. The van der Waals surface area contributed by atoms with Gasteiger partial charge in [0.2, 0.25) is 5.16 Å². The second-order valence-electron chi connectivity index (χ2n) is 2.97. The standard InChI is InChI=1S/C9H9N5OS/c10-8(15)14-12-9(11-13-14)16-6-7-4-2-1-3-5-7/h1-5H,6H2,(H2,10,15). The van der Waals surface area contributed by atoms with E-state index in [4.69, 9.17) is 5.73 Å². The van der Waals surface area contributed by atoms with Crippen molar-refractivity contribution in [3.8, 4) is 0 Å². The van der Waals surface area contributed by atoms with Gasteiger partial charge in [-0.1, -0.05) is 46.9 Å². The maximum absolute atomic E-state index is 10.7. The lowest BCUT2D eigenvalue weighted by Gasteiger charge is -1.96. The minimum absolute atomic E-state index is 0.433. The SMILES string of the molecule is NC(=O)n1nnc(SCc2ccccc2)n1. The smallest absolute Gasteiger partial charge is 0.348 e. The summed E-state index contributed by atoms with van der Waals surface area (Å²) in [5.41, 5.74) is 6.14. The summed E-state index contributed by atoms with van der Waals surface area (Å²) in [4.78, 5) is 11.5. The Bertz CT molecular complexity index is 484. The predicted octanol–water partition coefficient (Wildman–Crippen LogP) is 0.892. The van der Waals surface area contributed by atoms with E-state index in [1.807, 2.05) is 30.3 Å². The number of carbonyl (C=O) groups excluding carboxylic acids is 1. The van der Waals surface area contributed by atoms with E-state index < -0.39 is 6.03 Å². The highest BCUT2D eigenvalue weighted by Gasteiger charge is 2.06. The molecule has 7 heteroatoms. The number of hydrogen-bond acceptors (Lipinski definition) is 5. The first-order valence-corrected chi connectivity index (χ1v) is 5.51. The van der Waals surface area contributed by atoms with Gasteiger partial charge in [-0.05, 0) is 10.8 Å². The maximum Gasteiger partial charge on any atom is 0.358 e. The zero-order valence-corrected chi connectivity index (χ0v) is 9.09. The molecule has 0 unspecified atom stereocenters. The Balaban J connectivity index is 1.97. The fraction of sp³-hybridized carbons (Fsp3) is 0.111. The normalized spacial score (nSPS) is 10.2. The number of thioether (sulfide) groups is 1. The molecule has 1 amide bonds. The van der Waals surface area contributed by atoms with Crippen LogP contribution < -0.4 is 5.73 Å². The summed E-state index contributed by atoms with van der Waals surface area (Å²) in [5.74, 6) is 0.727. The predicted molar refractivity (Wildman–Crippen MR) is 58.8 cm³/mol. The highest BCUT2D eigenvalue weighted by molar-refractivity contribution is 7.98. The molecule has 2 aromatic rings. The number of primary amides is 1. The Morgan fingerprint density at radius 1 is 1.38 bits per heavy atom. The quantitative estimate of drug-likeness (QED) is 0.798. The zero-order chi connectivity index (χ0) is 11.4. The van der Waals surface area contributed by atoms with Gasteiger partial charge in [0.15, 0.2) is 0 Å². The number of tetrazole rings is 1. The molecule has 1 aromatic carbocycles. The van der Waals surface area contributed by atoms with Crippen LogP contribution in [0, 0.1) is 0 Å². The van der Waals surface area contributed by atoms with Gasteiger partial charge in [0.1, 0.15) is 0 Å². The molecule has 2 N–H and O–H groups in total. The van der Waals surface area contributed by atoms with Gasteiger partial charge in [0, 0.05) is 5.75 Å². The third kappa shape index (κ3) is 2.57. The van der Waals surface area contributed by atoms with Crippen LogP contribution >= 0.6 is 11.8 Å². The van der Waals surface area contributed by atoms with Gasteiger partial charge in [-0.2, -0.15) is 0 Å². The van der Waals surface area contributed by atoms with E-state index >= 15 is 0 Å². The fourth-order valence-corrected chi connectivity index (χ4v) is 1.79. The number of nitrogens with zero attached hydrogens (tertiary/aromatic N) is 4. The topological polar surface area (TPSA) is 86.7 Å². The van der Waals surface area contributed by atoms with Crippen LogP contribution in [0.15, 0.2) is 35.5 Å². The lowest BCUT2D eigenvalue weighted by atomic mass is 10.2. The van der Waals surface area contributed by atoms with Crippen LogP contribution in [0.2, 0.25) is 0 Å². The molecular formula is C9H9N5OS. The maximum atomic E-state index is 10.7. The van der Waals surface area contributed by atoms with E-state index in [-0.39, 0.29) is 0 Å². The summed E-state index contributed by atoms with van der Waals surface area (Å²) in [6, 6.07) is 9.15. The number of aromatic nitrogens is 4. The molecule has 0 atom stereocenters.